The second-order valence-electron chi connectivity index (χ2n) is 10.7. The Hall–Kier alpha value is -3.46. The van der Waals surface area contributed by atoms with Gasteiger partial charge in [-0.3, -0.25) is 14.5 Å². The van der Waals surface area contributed by atoms with Crippen molar-refractivity contribution in [3.8, 4) is 0 Å². The van der Waals surface area contributed by atoms with Crippen molar-refractivity contribution < 1.29 is 24.0 Å². The lowest BCUT2D eigenvalue weighted by Crippen LogP contribution is -2.53. The fraction of sp³-hybridized carbons (Fsp3) is 0.444. The third-order valence-electron chi connectivity index (χ3n) is 6.13. The number of pyridine rings is 1. The fourth-order valence-electron chi connectivity index (χ4n) is 4.27. The summed E-state index contributed by atoms with van der Waals surface area (Å²) in [5, 5.41) is 4.25. The molecule has 0 aliphatic carbocycles. The number of aromatic nitrogens is 1. The highest BCUT2D eigenvalue weighted by Gasteiger charge is 2.40. The topological polar surface area (TPSA) is 101 Å². The summed E-state index contributed by atoms with van der Waals surface area (Å²) in [6.07, 6.45) is 2.50. The van der Waals surface area contributed by atoms with Crippen LogP contribution in [0.5, 0.6) is 0 Å². The monoisotopic (exact) mass is 526 g/mol. The predicted molar refractivity (Wildman–Crippen MR) is 140 cm³/mol. The highest BCUT2D eigenvalue weighted by Crippen LogP contribution is 2.30. The Balaban J connectivity index is 1.62. The summed E-state index contributed by atoms with van der Waals surface area (Å²) in [4.78, 5) is 52.0. The van der Waals surface area contributed by atoms with E-state index in [1.165, 1.54) is 0 Å². The first-order valence-corrected chi connectivity index (χ1v) is 12.6. The standard InChI is InChI=1S/C27H31ClN4O5/c1-26(2,3)36-25(35)31-15-7-8-19(16-31)32(23-20(28)9-6-14-29-23)24(34)18-12-10-17(11-13-18)21-22(33)27(4,5)37-30-21/h6,9-14,19H,7-8,15-16H2,1-5H3/t19-/m0/s1. The lowest BCUT2D eigenvalue weighted by Gasteiger charge is -2.39. The van der Waals surface area contributed by atoms with Gasteiger partial charge in [-0.05, 0) is 71.7 Å². The van der Waals surface area contributed by atoms with E-state index in [9.17, 15) is 14.4 Å². The SMILES string of the molecule is CC(C)(C)OC(=O)N1CCC[C@H](N(C(=O)c2ccc(C3=NOC(C)(C)C3=O)cc2)c2ncccc2Cl)C1. The van der Waals surface area contributed by atoms with E-state index in [0.717, 1.165) is 0 Å². The van der Waals surface area contributed by atoms with Gasteiger partial charge in [0, 0.05) is 30.4 Å². The third kappa shape index (κ3) is 5.77. The Morgan fingerprint density at radius 3 is 2.49 bits per heavy atom. The van der Waals surface area contributed by atoms with E-state index in [1.54, 1.807) is 66.2 Å². The Morgan fingerprint density at radius 2 is 1.89 bits per heavy atom. The second kappa shape index (κ2) is 10.1. The Bertz CT molecular complexity index is 1240. The van der Waals surface area contributed by atoms with Gasteiger partial charge in [-0.1, -0.05) is 28.9 Å². The van der Waals surface area contributed by atoms with E-state index in [-0.39, 0.29) is 30.0 Å². The van der Waals surface area contributed by atoms with Crippen LogP contribution in [0.4, 0.5) is 10.6 Å². The summed E-state index contributed by atoms with van der Waals surface area (Å²) in [6.45, 7) is 9.58. The minimum absolute atomic E-state index is 0.217. The van der Waals surface area contributed by atoms with E-state index >= 15 is 0 Å². The smallest absolute Gasteiger partial charge is 0.410 e. The zero-order valence-corrected chi connectivity index (χ0v) is 22.4. The molecule has 10 heteroatoms. The molecule has 1 fully saturated rings. The third-order valence-corrected chi connectivity index (χ3v) is 6.43. The van der Waals surface area contributed by atoms with Crippen LogP contribution < -0.4 is 4.90 Å². The normalized spacial score (nSPS) is 19.2. The lowest BCUT2D eigenvalue weighted by molar-refractivity contribution is -0.128. The summed E-state index contributed by atoms with van der Waals surface area (Å²) in [7, 11) is 0. The molecule has 0 unspecified atom stereocenters. The number of nitrogens with zero attached hydrogens (tertiary/aromatic N) is 4. The molecule has 2 aromatic rings. The molecule has 3 heterocycles. The number of piperidine rings is 1. The number of halogens is 1. The zero-order valence-electron chi connectivity index (χ0n) is 21.7. The second-order valence-corrected chi connectivity index (χ2v) is 11.1. The highest BCUT2D eigenvalue weighted by atomic mass is 35.5. The minimum Gasteiger partial charge on any atom is -0.444 e. The average molecular weight is 527 g/mol. The van der Waals surface area contributed by atoms with Gasteiger partial charge in [-0.15, -0.1) is 0 Å². The number of carbonyl (C=O) groups excluding carboxylic acids is 3. The number of likely N-dealkylation sites (tertiary alicyclic amines) is 1. The average Bonchev–Trinajstić information content (AvgIpc) is 3.12. The number of amides is 2. The molecule has 0 bridgehead atoms. The van der Waals surface area contributed by atoms with E-state index < -0.39 is 17.3 Å². The number of hydrogen-bond donors (Lipinski definition) is 0. The highest BCUT2D eigenvalue weighted by molar-refractivity contribution is 6.49. The zero-order chi connectivity index (χ0) is 27.0. The van der Waals surface area contributed by atoms with Crippen LogP contribution in [0.15, 0.2) is 47.8 Å². The van der Waals surface area contributed by atoms with Gasteiger partial charge in [-0.25, -0.2) is 9.78 Å². The number of hydrogen-bond acceptors (Lipinski definition) is 7. The lowest BCUT2D eigenvalue weighted by atomic mass is 9.95. The van der Waals surface area contributed by atoms with Gasteiger partial charge in [-0.2, -0.15) is 0 Å². The summed E-state index contributed by atoms with van der Waals surface area (Å²) < 4.78 is 5.56. The molecule has 196 valence electrons. The van der Waals surface area contributed by atoms with Crippen LogP contribution in [0.2, 0.25) is 5.02 Å². The molecule has 1 aromatic carbocycles. The maximum atomic E-state index is 13.9. The van der Waals surface area contributed by atoms with Crippen molar-refractivity contribution in [2.75, 3.05) is 18.0 Å². The molecule has 0 saturated carbocycles. The van der Waals surface area contributed by atoms with Crippen molar-refractivity contribution in [1.82, 2.24) is 9.88 Å². The number of oxime groups is 1. The predicted octanol–water partition coefficient (Wildman–Crippen LogP) is 4.86. The van der Waals surface area contributed by atoms with Crippen molar-refractivity contribution in [3.63, 3.8) is 0 Å². The molecule has 4 rings (SSSR count). The number of Topliss-reactive ketones (excluding diaryl/α,β-unsaturated/α-hetero) is 1. The van der Waals surface area contributed by atoms with E-state index in [4.69, 9.17) is 21.2 Å². The quantitative estimate of drug-likeness (QED) is 0.563. The molecule has 1 aromatic heterocycles. The molecule has 9 nitrogen and oxygen atoms in total. The first kappa shape index (κ1) is 26.6. The number of carbonyl (C=O) groups is 3. The molecular weight excluding hydrogens is 496 g/mol. The first-order valence-electron chi connectivity index (χ1n) is 12.2. The molecule has 0 N–H and O–H groups in total. The minimum atomic E-state index is -1.02. The fourth-order valence-corrected chi connectivity index (χ4v) is 4.48. The van der Waals surface area contributed by atoms with Gasteiger partial charge in [0.1, 0.15) is 5.60 Å². The molecule has 2 amide bonds. The van der Waals surface area contributed by atoms with Crippen molar-refractivity contribution in [1.29, 1.82) is 0 Å². The number of benzene rings is 1. The van der Waals surface area contributed by atoms with Crippen LogP contribution in [0, 0.1) is 0 Å². The Morgan fingerprint density at radius 1 is 1.19 bits per heavy atom. The Labute approximate surface area is 221 Å². The van der Waals surface area contributed by atoms with E-state index in [0.29, 0.717) is 41.4 Å². The summed E-state index contributed by atoms with van der Waals surface area (Å²) in [5.41, 5.74) is -0.489. The molecule has 37 heavy (non-hydrogen) atoms. The van der Waals surface area contributed by atoms with Gasteiger partial charge in [0.05, 0.1) is 11.1 Å². The van der Waals surface area contributed by atoms with Crippen molar-refractivity contribution in [2.24, 2.45) is 5.16 Å². The van der Waals surface area contributed by atoms with Crippen molar-refractivity contribution >= 4 is 40.9 Å². The Kier molecular flexibility index (Phi) is 7.28. The molecule has 2 aliphatic rings. The molecule has 1 atom stereocenters. The first-order chi connectivity index (χ1) is 17.4. The van der Waals surface area contributed by atoms with Crippen molar-refractivity contribution in [2.45, 2.75) is 64.7 Å². The van der Waals surface area contributed by atoms with Gasteiger partial charge in [0.15, 0.2) is 17.1 Å². The molecular formula is C27H31ClN4O5. The summed E-state index contributed by atoms with van der Waals surface area (Å²) >= 11 is 6.48. The largest absolute Gasteiger partial charge is 0.444 e. The van der Waals surface area contributed by atoms with Gasteiger partial charge < -0.3 is 14.5 Å². The molecule has 0 spiro atoms. The molecule has 0 radical (unpaired) electrons. The van der Waals surface area contributed by atoms with Crippen LogP contribution >= 0.6 is 11.6 Å². The number of ketones is 1. The van der Waals surface area contributed by atoms with Gasteiger partial charge in [0.25, 0.3) is 5.91 Å². The number of ether oxygens (including phenoxy) is 1. The molecule has 1 saturated heterocycles. The van der Waals surface area contributed by atoms with E-state index in [1.807, 2.05) is 20.8 Å². The summed E-state index contributed by atoms with van der Waals surface area (Å²) in [6, 6.07) is 9.61. The van der Waals surface area contributed by atoms with Gasteiger partial charge >= 0.3 is 6.09 Å². The summed E-state index contributed by atoms with van der Waals surface area (Å²) in [5.74, 6) is -0.225. The van der Waals surface area contributed by atoms with Crippen LogP contribution in [0.25, 0.3) is 0 Å². The van der Waals surface area contributed by atoms with Crippen LogP contribution in [-0.4, -0.2) is 63.7 Å². The van der Waals surface area contributed by atoms with Crippen LogP contribution in [-0.2, 0) is 14.4 Å². The maximum absolute atomic E-state index is 13.9. The van der Waals surface area contributed by atoms with Gasteiger partial charge in [0.2, 0.25) is 5.78 Å². The van der Waals surface area contributed by atoms with Crippen molar-refractivity contribution in [3.05, 3.63) is 58.7 Å². The number of anilines is 1. The van der Waals surface area contributed by atoms with Crippen LogP contribution in [0.3, 0.4) is 0 Å². The van der Waals surface area contributed by atoms with E-state index in [2.05, 4.69) is 10.1 Å². The molecule has 2 aliphatic heterocycles. The maximum Gasteiger partial charge on any atom is 0.410 e. The van der Waals surface area contributed by atoms with Crippen LogP contribution in [0.1, 0.15) is 63.4 Å². The number of rotatable bonds is 4.